The normalized spacial score (nSPS) is 13.6. The second-order valence-corrected chi connectivity index (χ2v) is 37.8. The average molecular weight is 1360 g/mol. The van der Waals surface area contributed by atoms with Gasteiger partial charge in [0.2, 0.25) is 0 Å². The molecule has 526 valence electrons. The first kappa shape index (κ1) is 72.1. The Morgan fingerprint density at radius 3 is 0.903 bits per heavy atom. The molecule has 0 bridgehead atoms. The Morgan fingerprint density at radius 2 is 0.544 bits per heavy atom. The summed E-state index contributed by atoms with van der Waals surface area (Å²) in [5, 5.41) is 0. The van der Waals surface area contributed by atoms with Crippen molar-refractivity contribution in [2.75, 3.05) is 19.6 Å². The summed E-state index contributed by atoms with van der Waals surface area (Å²) in [5.41, 5.74) is 31.6. The number of fused-ring (bicyclic) bond motifs is 4. The summed E-state index contributed by atoms with van der Waals surface area (Å²) in [6.07, 6.45) is 0. The van der Waals surface area contributed by atoms with E-state index < -0.39 is 0 Å². The quantitative estimate of drug-likeness (QED) is 0.127. The van der Waals surface area contributed by atoms with Gasteiger partial charge in [-0.25, -0.2) is 0 Å². The first-order valence-electron chi connectivity index (χ1n) is 37.7. The minimum absolute atomic E-state index is 0.0171. The predicted octanol–water partition coefficient (Wildman–Crippen LogP) is 26.4. The fraction of sp³-hybridized carbons (Fsp3) is 0.327. The lowest BCUT2D eigenvalue weighted by molar-refractivity contribution is 0.568. The smallest absolute Gasteiger partial charge is 0.252 e. The van der Waals surface area contributed by atoms with Gasteiger partial charge in [-0.05, 0) is 224 Å². The van der Waals surface area contributed by atoms with E-state index in [2.05, 4.69) is 422 Å². The number of para-hydroxylation sites is 1. The molecule has 4 nitrogen and oxygen atoms in total. The van der Waals surface area contributed by atoms with Crippen molar-refractivity contribution in [3.63, 3.8) is 0 Å². The summed E-state index contributed by atoms with van der Waals surface area (Å²) in [7, 11) is 0. The standard InChI is InChI=1S/C98H111BN4/c1-91(2,3)67-36-34-64(35-37-67)66-54-88-90-89(55-66)103(81-60-73(97(19,20)21)57-74(61-81)98(22,23)24)87-63-79(101(77-48-42-70(43-49-77)94(10,11)12)85-33-29-28-32-82(85)65-30-26-25-27-31-65)51-53-84(87)99(90)83-52-50-78(62-86(83)102(88)80-58-71(95(13,14)15)56-72(59-80)96(16,17)18)100(75-44-38-68(39-45-75)92(4,5)6)76-46-40-69(41-47-76)93(7,8)9/h25-63H,1-24H3. The fourth-order valence-electron chi connectivity index (χ4n) is 15.1. The Kier molecular flexibility index (Phi) is 18.1. The van der Waals surface area contributed by atoms with Crippen LogP contribution >= 0.6 is 0 Å². The van der Waals surface area contributed by atoms with E-state index >= 15 is 0 Å². The molecule has 0 N–H and O–H groups in total. The maximum Gasteiger partial charge on any atom is 0.252 e. The second kappa shape index (κ2) is 25.8. The number of anilines is 12. The van der Waals surface area contributed by atoms with E-state index in [1.807, 2.05) is 0 Å². The average Bonchev–Trinajstić information content (AvgIpc) is 0.691. The Morgan fingerprint density at radius 1 is 0.233 bits per heavy atom. The molecule has 0 saturated heterocycles. The van der Waals surface area contributed by atoms with Crippen molar-refractivity contribution in [2.45, 2.75) is 209 Å². The van der Waals surface area contributed by atoms with Crippen molar-refractivity contribution >= 4 is 91.3 Å². The van der Waals surface area contributed by atoms with Crippen LogP contribution in [-0.4, -0.2) is 6.71 Å². The van der Waals surface area contributed by atoms with Crippen LogP contribution in [0, 0.1) is 0 Å². The molecule has 0 aromatic heterocycles. The fourth-order valence-corrected chi connectivity index (χ4v) is 15.1. The number of rotatable bonds is 10. The molecular formula is C98H111BN4. The summed E-state index contributed by atoms with van der Waals surface area (Å²) in [6.45, 7) is 56.0. The van der Waals surface area contributed by atoms with Gasteiger partial charge in [0, 0.05) is 68.1 Å². The largest absolute Gasteiger partial charge is 0.311 e. The van der Waals surface area contributed by atoms with Crippen LogP contribution in [0.15, 0.2) is 237 Å². The number of hydrogen-bond donors (Lipinski definition) is 0. The van der Waals surface area contributed by atoms with Crippen LogP contribution < -0.4 is 36.0 Å². The molecule has 11 aromatic rings. The molecule has 103 heavy (non-hydrogen) atoms. The number of hydrogen-bond acceptors (Lipinski definition) is 4. The first-order valence-corrected chi connectivity index (χ1v) is 37.7. The summed E-state index contributed by atoms with van der Waals surface area (Å²) in [5.74, 6) is 0. The van der Waals surface area contributed by atoms with Crippen molar-refractivity contribution in [3.8, 4) is 22.3 Å². The molecule has 2 aliphatic heterocycles. The maximum atomic E-state index is 2.68. The minimum atomic E-state index is -0.203. The Hall–Kier alpha value is -9.32. The SMILES string of the molecule is CC(C)(C)c1ccc(-c2cc3c4c(c2)N(c2cc(C(C)(C)C)cc(C(C)(C)C)c2)c2cc(N(c5ccc(C(C)(C)C)cc5)c5ccccc5-c5ccccc5)ccc2B4c2ccc(N(c4ccc(C(C)(C)C)cc4)c4ccc(C(C)(C)C)cc4)cc2N3c2cc(C(C)(C)C)cc(C(C)(C)C)c2)cc1. The van der Waals surface area contributed by atoms with Crippen molar-refractivity contribution in [1.29, 1.82) is 0 Å². The Labute approximate surface area is 620 Å². The van der Waals surface area contributed by atoms with Crippen molar-refractivity contribution in [2.24, 2.45) is 0 Å². The van der Waals surface area contributed by atoms with E-state index in [4.69, 9.17) is 0 Å². The zero-order valence-electron chi connectivity index (χ0n) is 66.4. The van der Waals surface area contributed by atoms with E-state index in [-0.39, 0.29) is 50.0 Å². The van der Waals surface area contributed by atoms with Gasteiger partial charge < -0.3 is 19.6 Å². The zero-order valence-corrected chi connectivity index (χ0v) is 66.4. The molecule has 11 aromatic carbocycles. The highest BCUT2D eigenvalue weighted by Crippen LogP contribution is 2.52. The van der Waals surface area contributed by atoms with Gasteiger partial charge in [0.25, 0.3) is 6.71 Å². The lowest BCUT2D eigenvalue weighted by atomic mass is 9.33. The van der Waals surface area contributed by atoms with E-state index in [1.165, 1.54) is 83.4 Å². The van der Waals surface area contributed by atoms with E-state index in [9.17, 15) is 0 Å². The summed E-state index contributed by atoms with van der Waals surface area (Å²) >= 11 is 0. The van der Waals surface area contributed by atoms with Crippen LogP contribution in [0.3, 0.4) is 0 Å². The highest BCUT2D eigenvalue weighted by Gasteiger charge is 2.45. The highest BCUT2D eigenvalue weighted by molar-refractivity contribution is 7.00. The third kappa shape index (κ3) is 14.2. The molecule has 5 heteroatoms. The summed E-state index contributed by atoms with van der Waals surface area (Å²) in [4.78, 5) is 10.4. The van der Waals surface area contributed by atoms with Crippen LogP contribution in [0.2, 0.25) is 0 Å². The predicted molar refractivity (Wildman–Crippen MR) is 450 cm³/mol. The molecular weight excluding hydrogens is 1240 g/mol. The van der Waals surface area contributed by atoms with E-state index in [0.29, 0.717) is 0 Å². The second-order valence-electron chi connectivity index (χ2n) is 37.8. The third-order valence-electron chi connectivity index (χ3n) is 21.7. The third-order valence-corrected chi connectivity index (χ3v) is 21.7. The number of benzene rings is 11. The molecule has 0 saturated carbocycles. The molecule has 0 amide bonds. The molecule has 2 aliphatic rings. The summed E-state index contributed by atoms with van der Waals surface area (Å²) in [6, 6.07) is 92.4. The van der Waals surface area contributed by atoms with Gasteiger partial charge >= 0.3 is 0 Å². The van der Waals surface area contributed by atoms with Crippen LogP contribution in [0.4, 0.5) is 68.2 Å². The molecule has 0 aliphatic carbocycles. The molecule has 0 fully saturated rings. The first-order chi connectivity index (χ1) is 48.1. The van der Waals surface area contributed by atoms with Gasteiger partial charge in [0.1, 0.15) is 0 Å². The van der Waals surface area contributed by atoms with E-state index in [0.717, 1.165) is 68.0 Å². The van der Waals surface area contributed by atoms with Crippen molar-refractivity contribution < 1.29 is 0 Å². The van der Waals surface area contributed by atoms with Crippen LogP contribution in [0.1, 0.15) is 211 Å². The molecule has 0 atom stereocenters. The van der Waals surface area contributed by atoms with Crippen LogP contribution in [0.5, 0.6) is 0 Å². The minimum Gasteiger partial charge on any atom is -0.311 e. The monoisotopic (exact) mass is 1350 g/mol. The van der Waals surface area contributed by atoms with E-state index in [1.54, 1.807) is 0 Å². The lowest BCUT2D eigenvalue weighted by Crippen LogP contribution is -2.61. The lowest BCUT2D eigenvalue weighted by Gasteiger charge is -2.45. The highest BCUT2D eigenvalue weighted by atomic mass is 15.2. The van der Waals surface area contributed by atoms with Gasteiger partial charge in [0.05, 0.1) is 5.69 Å². The van der Waals surface area contributed by atoms with Gasteiger partial charge in [-0.2, -0.15) is 0 Å². The maximum absolute atomic E-state index is 2.68. The summed E-state index contributed by atoms with van der Waals surface area (Å²) < 4.78 is 0. The van der Waals surface area contributed by atoms with Crippen molar-refractivity contribution in [1.82, 2.24) is 0 Å². The molecule has 0 spiro atoms. The molecule has 2 heterocycles. The van der Waals surface area contributed by atoms with Crippen molar-refractivity contribution in [3.05, 3.63) is 281 Å². The van der Waals surface area contributed by atoms with Crippen LogP contribution in [-0.2, 0) is 43.3 Å². The Bertz CT molecular complexity index is 4840. The number of nitrogens with zero attached hydrogens (tertiary/aromatic N) is 4. The van der Waals surface area contributed by atoms with Gasteiger partial charge in [-0.15, -0.1) is 0 Å². The molecule has 0 radical (unpaired) electrons. The molecule has 13 rings (SSSR count). The zero-order chi connectivity index (χ0) is 74.1. The van der Waals surface area contributed by atoms with Gasteiger partial charge in [0.15, 0.2) is 0 Å². The van der Waals surface area contributed by atoms with Gasteiger partial charge in [-0.1, -0.05) is 300 Å². The van der Waals surface area contributed by atoms with Crippen LogP contribution in [0.25, 0.3) is 22.3 Å². The Balaban J connectivity index is 1.19. The van der Waals surface area contributed by atoms with Gasteiger partial charge in [-0.3, -0.25) is 0 Å². The topological polar surface area (TPSA) is 13.0 Å². The molecule has 0 unspecified atom stereocenters.